The molecule has 0 aliphatic rings. The molecular weight excluding hydrogens is 219 g/mol. The van der Waals surface area contributed by atoms with Crippen molar-refractivity contribution in [3.05, 3.63) is 34.3 Å². The predicted molar refractivity (Wildman–Crippen MR) is 42.7 cm³/mol. The van der Waals surface area contributed by atoms with Gasteiger partial charge in [-0.3, -0.25) is 0 Å². The third kappa shape index (κ3) is 2.99. The zero-order valence-corrected chi connectivity index (χ0v) is 10.0. The maximum atomic E-state index is 10.5. The first-order valence-corrected chi connectivity index (χ1v) is 3.64. The van der Waals surface area contributed by atoms with Gasteiger partial charge in [0.15, 0.2) is 0 Å². The van der Waals surface area contributed by atoms with Crippen LogP contribution < -0.4 is 34.7 Å². The molecule has 14 heavy (non-hydrogen) atoms. The molecule has 0 radical (unpaired) electrons. The van der Waals surface area contributed by atoms with E-state index < -0.39 is 17.5 Å². The van der Waals surface area contributed by atoms with E-state index in [1.807, 2.05) is 0 Å². The van der Waals surface area contributed by atoms with Gasteiger partial charge in [0.05, 0.1) is 11.5 Å². The van der Waals surface area contributed by atoms with Crippen LogP contribution in [0, 0.1) is 0 Å². The SMILES string of the molecule is O=C([O-])c1cc(Cl)ccc1C(=O)O.[Na+]. The molecule has 6 heteroatoms. The minimum Gasteiger partial charge on any atom is -0.545 e. The Morgan fingerprint density at radius 1 is 1.29 bits per heavy atom. The summed E-state index contributed by atoms with van der Waals surface area (Å²) in [6, 6.07) is 3.47. The molecule has 0 fully saturated rings. The van der Waals surface area contributed by atoms with E-state index in [0.717, 1.165) is 12.1 Å². The molecule has 4 nitrogen and oxygen atoms in total. The maximum absolute atomic E-state index is 10.5. The Bertz CT molecular complexity index is 378. The van der Waals surface area contributed by atoms with Crippen molar-refractivity contribution in [1.29, 1.82) is 0 Å². The second-order valence-electron chi connectivity index (χ2n) is 2.28. The number of benzene rings is 1. The topological polar surface area (TPSA) is 77.4 Å². The number of rotatable bonds is 2. The van der Waals surface area contributed by atoms with E-state index in [1.165, 1.54) is 6.07 Å². The van der Waals surface area contributed by atoms with Crippen LogP contribution in [-0.4, -0.2) is 17.0 Å². The number of carboxylic acids is 2. The van der Waals surface area contributed by atoms with Gasteiger partial charge in [-0.25, -0.2) is 4.79 Å². The maximum Gasteiger partial charge on any atom is 1.00 e. The number of carboxylic acid groups (broad SMARTS) is 2. The number of hydrogen-bond donors (Lipinski definition) is 1. The molecule has 1 aromatic rings. The zero-order valence-electron chi connectivity index (χ0n) is 7.28. The Kier molecular flexibility index (Phi) is 5.15. The van der Waals surface area contributed by atoms with Crippen LogP contribution in [0.2, 0.25) is 5.02 Å². The third-order valence-corrected chi connectivity index (χ3v) is 1.67. The molecular formula is C8H4ClNaO4. The van der Waals surface area contributed by atoms with Crippen molar-refractivity contribution < 1.29 is 49.4 Å². The zero-order chi connectivity index (χ0) is 10.0. The van der Waals surface area contributed by atoms with E-state index in [4.69, 9.17) is 16.7 Å². The van der Waals surface area contributed by atoms with Crippen molar-refractivity contribution in [2.75, 3.05) is 0 Å². The van der Waals surface area contributed by atoms with E-state index >= 15 is 0 Å². The number of hydrogen-bond acceptors (Lipinski definition) is 3. The summed E-state index contributed by atoms with van der Waals surface area (Å²) in [4.78, 5) is 20.9. The third-order valence-electron chi connectivity index (χ3n) is 1.43. The Morgan fingerprint density at radius 2 is 1.86 bits per heavy atom. The summed E-state index contributed by atoms with van der Waals surface area (Å²) in [5.41, 5.74) is -0.746. The molecule has 0 saturated carbocycles. The van der Waals surface area contributed by atoms with Crippen LogP contribution in [-0.2, 0) is 0 Å². The summed E-state index contributed by atoms with van der Waals surface area (Å²) in [5, 5.41) is 19.2. The largest absolute Gasteiger partial charge is 1.00 e. The minimum absolute atomic E-state index is 0. The molecule has 1 N–H and O–H groups in total. The molecule has 0 heterocycles. The van der Waals surface area contributed by atoms with Crippen LogP contribution in [0.1, 0.15) is 20.7 Å². The average molecular weight is 223 g/mol. The standard InChI is InChI=1S/C8H5ClO4.Na/c9-4-1-2-5(7(10)11)6(3-4)8(12)13;/h1-3H,(H,10,11)(H,12,13);/q;+1/p-1. The molecule has 0 saturated heterocycles. The van der Waals surface area contributed by atoms with Gasteiger partial charge in [0.2, 0.25) is 0 Å². The van der Waals surface area contributed by atoms with Crippen molar-refractivity contribution in [2.45, 2.75) is 0 Å². The second-order valence-corrected chi connectivity index (χ2v) is 2.72. The molecule has 0 amide bonds. The molecule has 0 spiro atoms. The summed E-state index contributed by atoms with van der Waals surface area (Å²) >= 11 is 5.48. The number of carbonyl (C=O) groups is 2. The molecule has 0 bridgehead atoms. The molecule has 0 atom stereocenters. The summed E-state index contributed by atoms with van der Waals surface area (Å²) < 4.78 is 0. The van der Waals surface area contributed by atoms with Crippen LogP contribution in [0.5, 0.6) is 0 Å². The first-order chi connectivity index (χ1) is 6.02. The summed E-state index contributed by atoms with van der Waals surface area (Å²) in [7, 11) is 0. The summed E-state index contributed by atoms with van der Waals surface area (Å²) in [6.07, 6.45) is 0. The van der Waals surface area contributed by atoms with Gasteiger partial charge in [0.25, 0.3) is 0 Å². The molecule has 0 aliphatic carbocycles. The number of carbonyl (C=O) groups excluding carboxylic acids is 1. The van der Waals surface area contributed by atoms with Crippen LogP contribution >= 0.6 is 11.6 Å². The summed E-state index contributed by atoms with van der Waals surface area (Å²) in [5.74, 6) is -2.88. The Balaban J connectivity index is 0.00000169. The number of halogens is 1. The van der Waals surface area contributed by atoms with Crippen molar-refractivity contribution in [3.63, 3.8) is 0 Å². The van der Waals surface area contributed by atoms with E-state index in [0.29, 0.717) is 0 Å². The fourth-order valence-corrected chi connectivity index (χ4v) is 1.04. The van der Waals surface area contributed by atoms with Crippen LogP contribution in [0.4, 0.5) is 0 Å². The van der Waals surface area contributed by atoms with Gasteiger partial charge in [0, 0.05) is 10.6 Å². The first kappa shape index (κ1) is 13.4. The molecule has 0 unspecified atom stereocenters. The molecule has 0 aromatic heterocycles. The van der Waals surface area contributed by atoms with Gasteiger partial charge < -0.3 is 15.0 Å². The van der Waals surface area contributed by atoms with E-state index in [-0.39, 0.29) is 40.1 Å². The van der Waals surface area contributed by atoms with Crippen LogP contribution in [0.3, 0.4) is 0 Å². The number of aromatic carboxylic acids is 2. The normalized spacial score (nSPS) is 8.93. The van der Waals surface area contributed by atoms with Gasteiger partial charge in [-0.2, -0.15) is 0 Å². The van der Waals surface area contributed by atoms with Crippen molar-refractivity contribution in [2.24, 2.45) is 0 Å². The molecule has 1 rings (SSSR count). The Labute approximate surface area is 107 Å². The molecule has 68 valence electrons. The second kappa shape index (κ2) is 5.36. The fraction of sp³-hybridized carbons (Fsp3) is 0. The van der Waals surface area contributed by atoms with Gasteiger partial charge in [0.1, 0.15) is 0 Å². The van der Waals surface area contributed by atoms with Gasteiger partial charge >= 0.3 is 35.5 Å². The van der Waals surface area contributed by atoms with E-state index in [2.05, 4.69) is 0 Å². The molecule has 1 aromatic carbocycles. The predicted octanol–water partition coefficient (Wildman–Crippen LogP) is -2.59. The monoisotopic (exact) mass is 222 g/mol. The minimum atomic E-state index is -1.56. The Hall–Kier alpha value is -0.550. The van der Waals surface area contributed by atoms with Crippen LogP contribution in [0.25, 0.3) is 0 Å². The van der Waals surface area contributed by atoms with Crippen molar-refractivity contribution in [3.8, 4) is 0 Å². The quantitative estimate of drug-likeness (QED) is 0.557. The van der Waals surface area contributed by atoms with Gasteiger partial charge in [-0.05, 0) is 18.2 Å². The first-order valence-electron chi connectivity index (χ1n) is 3.26. The molecule has 0 aliphatic heterocycles. The average Bonchev–Trinajstić information content (AvgIpc) is 2.03. The van der Waals surface area contributed by atoms with Crippen LogP contribution in [0.15, 0.2) is 18.2 Å². The fourth-order valence-electron chi connectivity index (χ4n) is 0.872. The van der Waals surface area contributed by atoms with Crippen molar-refractivity contribution in [1.82, 2.24) is 0 Å². The van der Waals surface area contributed by atoms with Crippen molar-refractivity contribution >= 4 is 23.5 Å². The Morgan fingerprint density at radius 3 is 2.29 bits per heavy atom. The van der Waals surface area contributed by atoms with E-state index in [9.17, 15) is 14.7 Å². The smallest absolute Gasteiger partial charge is 0.545 e. The summed E-state index contributed by atoms with van der Waals surface area (Å²) in [6.45, 7) is 0. The van der Waals surface area contributed by atoms with E-state index in [1.54, 1.807) is 0 Å². The van der Waals surface area contributed by atoms with Gasteiger partial charge in [-0.1, -0.05) is 11.6 Å². The van der Waals surface area contributed by atoms with Gasteiger partial charge in [-0.15, -0.1) is 0 Å².